The molecule has 0 aliphatic heterocycles. The predicted octanol–water partition coefficient (Wildman–Crippen LogP) is 1.90. The smallest absolute Gasteiger partial charge is 0.0704 e. The van der Waals surface area contributed by atoms with Crippen molar-refractivity contribution in [2.75, 3.05) is 19.8 Å². The van der Waals surface area contributed by atoms with Gasteiger partial charge in [0.15, 0.2) is 0 Å². The van der Waals surface area contributed by atoms with Crippen LogP contribution in [0.1, 0.15) is 20.8 Å². The van der Waals surface area contributed by atoms with E-state index in [1.807, 2.05) is 0 Å². The molecule has 0 saturated heterocycles. The summed E-state index contributed by atoms with van der Waals surface area (Å²) >= 11 is 0. The Morgan fingerprint density at radius 2 is 1.82 bits per heavy atom. The van der Waals surface area contributed by atoms with E-state index in [1.54, 1.807) is 0 Å². The van der Waals surface area contributed by atoms with Gasteiger partial charge in [-0.3, -0.25) is 0 Å². The Morgan fingerprint density at radius 3 is 2.27 bits per heavy atom. The van der Waals surface area contributed by atoms with E-state index in [0.29, 0.717) is 31.8 Å². The summed E-state index contributed by atoms with van der Waals surface area (Å²) in [4.78, 5) is 0. The van der Waals surface area contributed by atoms with Crippen LogP contribution in [0.3, 0.4) is 0 Å². The SMILES string of the molecule is [CH2]COCCOC(C)C(C)C. The van der Waals surface area contributed by atoms with Crippen LogP contribution < -0.4 is 0 Å². The van der Waals surface area contributed by atoms with Crippen LogP contribution in [0.5, 0.6) is 0 Å². The average Bonchev–Trinajstić information content (AvgIpc) is 1.97. The number of hydrogen-bond donors (Lipinski definition) is 0. The van der Waals surface area contributed by atoms with Crippen LogP contribution in [0.4, 0.5) is 0 Å². The van der Waals surface area contributed by atoms with E-state index in [1.165, 1.54) is 0 Å². The molecule has 0 N–H and O–H groups in total. The fourth-order valence-corrected chi connectivity index (χ4v) is 0.587. The quantitative estimate of drug-likeness (QED) is 0.551. The Labute approximate surface area is 69.9 Å². The molecule has 1 atom stereocenters. The monoisotopic (exact) mass is 159 g/mol. The minimum absolute atomic E-state index is 0.323. The molecular weight excluding hydrogens is 140 g/mol. The van der Waals surface area contributed by atoms with Crippen molar-refractivity contribution in [3.8, 4) is 0 Å². The van der Waals surface area contributed by atoms with Crippen LogP contribution >= 0.6 is 0 Å². The molecule has 0 amide bonds. The third kappa shape index (κ3) is 6.32. The van der Waals surface area contributed by atoms with Crippen LogP contribution in [-0.2, 0) is 9.47 Å². The van der Waals surface area contributed by atoms with E-state index in [4.69, 9.17) is 9.47 Å². The van der Waals surface area contributed by atoms with Crippen molar-refractivity contribution in [2.24, 2.45) is 5.92 Å². The summed E-state index contributed by atoms with van der Waals surface area (Å²) in [7, 11) is 0. The zero-order valence-electron chi connectivity index (χ0n) is 7.80. The van der Waals surface area contributed by atoms with Crippen LogP contribution in [0.2, 0.25) is 0 Å². The van der Waals surface area contributed by atoms with Crippen molar-refractivity contribution in [3.63, 3.8) is 0 Å². The van der Waals surface area contributed by atoms with Crippen LogP contribution in [0.25, 0.3) is 0 Å². The molecule has 0 aliphatic carbocycles. The topological polar surface area (TPSA) is 18.5 Å². The first-order chi connectivity index (χ1) is 5.18. The Morgan fingerprint density at radius 1 is 1.18 bits per heavy atom. The Kier molecular flexibility index (Phi) is 6.57. The molecule has 0 aromatic carbocycles. The summed E-state index contributed by atoms with van der Waals surface area (Å²) in [5.41, 5.74) is 0. The molecule has 0 bridgehead atoms. The van der Waals surface area contributed by atoms with Gasteiger partial charge in [-0.25, -0.2) is 0 Å². The summed E-state index contributed by atoms with van der Waals surface area (Å²) in [5.74, 6) is 0.578. The Hall–Kier alpha value is -0.0800. The molecule has 0 aromatic rings. The Bertz CT molecular complexity index is 81.6. The highest BCUT2D eigenvalue weighted by Gasteiger charge is 2.05. The second kappa shape index (κ2) is 6.62. The van der Waals surface area contributed by atoms with Gasteiger partial charge in [0.25, 0.3) is 0 Å². The van der Waals surface area contributed by atoms with Gasteiger partial charge in [-0.15, -0.1) is 0 Å². The van der Waals surface area contributed by atoms with E-state index in [2.05, 4.69) is 27.7 Å². The highest BCUT2D eigenvalue weighted by Crippen LogP contribution is 2.04. The maximum atomic E-state index is 5.45. The van der Waals surface area contributed by atoms with Gasteiger partial charge >= 0.3 is 0 Å². The third-order valence-electron chi connectivity index (χ3n) is 1.69. The van der Waals surface area contributed by atoms with Crippen LogP contribution in [-0.4, -0.2) is 25.9 Å². The van der Waals surface area contributed by atoms with E-state index in [0.717, 1.165) is 0 Å². The molecule has 0 spiro atoms. The van der Waals surface area contributed by atoms with Crippen molar-refractivity contribution in [3.05, 3.63) is 6.92 Å². The van der Waals surface area contributed by atoms with Crippen molar-refractivity contribution < 1.29 is 9.47 Å². The van der Waals surface area contributed by atoms with Gasteiger partial charge in [0, 0.05) is 6.61 Å². The largest absolute Gasteiger partial charge is 0.379 e. The van der Waals surface area contributed by atoms with Crippen molar-refractivity contribution in [2.45, 2.75) is 26.9 Å². The van der Waals surface area contributed by atoms with Gasteiger partial charge < -0.3 is 9.47 Å². The van der Waals surface area contributed by atoms with E-state index < -0.39 is 0 Å². The molecule has 67 valence electrons. The van der Waals surface area contributed by atoms with E-state index in [9.17, 15) is 0 Å². The first-order valence-electron chi connectivity index (χ1n) is 4.17. The molecular formula is C9H19O2. The van der Waals surface area contributed by atoms with Crippen molar-refractivity contribution in [1.29, 1.82) is 0 Å². The summed E-state index contributed by atoms with van der Waals surface area (Å²) in [6, 6.07) is 0. The molecule has 2 heteroatoms. The van der Waals surface area contributed by atoms with E-state index >= 15 is 0 Å². The molecule has 0 heterocycles. The Balaban J connectivity index is 3.10. The molecule has 0 rings (SSSR count). The normalized spacial score (nSPS) is 13.9. The summed E-state index contributed by atoms with van der Waals surface area (Å²) in [5, 5.41) is 0. The summed E-state index contributed by atoms with van der Waals surface area (Å²) < 4.78 is 10.5. The second-order valence-corrected chi connectivity index (χ2v) is 2.93. The molecule has 1 unspecified atom stereocenters. The number of ether oxygens (including phenoxy) is 2. The molecule has 2 nitrogen and oxygen atoms in total. The fourth-order valence-electron chi connectivity index (χ4n) is 0.587. The van der Waals surface area contributed by atoms with Gasteiger partial charge in [0.05, 0.1) is 19.3 Å². The minimum atomic E-state index is 0.323. The third-order valence-corrected chi connectivity index (χ3v) is 1.69. The zero-order valence-corrected chi connectivity index (χ0v) is 7.80. The highest BCUT2D eigenvalue weighted by atomic mass is 16.5. The van der Waals surface area contributed by atoms with Crippen molar-refractivity contribution >= 4 is 0 Å². The van der Waals surface area contributed by atoms with E-state index in [-0.39, 0.29) is 0 Å². The number of rotatable bonds is 6. The molecule has 0 aromatic heterocycles. The number of hydrogen-bond acceptors (Lipinski definition) is 2. The highest BCUT2D eigenvalue weighted by molar-refractivity contribution is 4.53. The second-order valence-electron chi connectivity index (χ2n) is 2.93. The lowest BCUT2D eigenvalue weighted by Crippen LogP contribution is -2.18. The maximum Gasteiger partial charge on any atom is 0.0704 e. The first kappa shape index (κ1) is 10.9. The van der Waals surface area contributed by atoms with Crippen molar-refractivity contribution in [1.82, 2.24) is 0 Å². The molecule has 0 aliphatic rings. The van der Waals surface area contributed by atoms with Gasteiger partial charge in [-0.2, -0.15) is 0 Å². The maximum absolute atomic E-state index is 5.45. The lowest BCUT2D eigenvalue weighted by molar-refractivity contribution is -0.00120. The lowest BCUT2D eigenvalue weighted by Gasteiger charge is -2.16. The minimum Gasteiger partial charge on any atom is -0.379 e. The molecule has 11 heavy (non-hydrogen) atoms. The molecule has 1 radical (unpaired) electrons. The van der Waals surface area contributed by atoms with Gasteiger partial charge in [0.1, 0.15) is 0 Å². The van der Waals surface area contributed by atoms with Gasteiger partial charge in [-0.05, 0) is 19.8 Å². The zero-order chi connectivity index (χ0) is 8.69. The summed E-state index contributed by atoms with van der Waals surface area (Å²) in [6.07, 6.45) is 0.323. The predicted molar refractivity (Wildman–Crippen MR) is 46.4 cm³/mol. The first-order valence-corrected chi connectivity index (χ1v) is 4.17. The average molecular weight is 159 g/mol. The molecule has 0 saturated carbocycles. The van der Waals surface area contributed by atoms with Gasteiger partial charge in [0.2, 0.25) is 0 Å². The van der Waals surface area contributed by atoms with Crippen LogP contribution in [0, 0.1) is 12.8 Å². The van der Waals surface area contributed by atoms with Crippen LogP contribution in [0.15, 0.2) is 0 Å². The summed E-state index contributed by atoms with van der Waals surface area (Å²) in [6.45, 7) is 11.8. The van der Waals surface area contributed by atoms with Gasteiger partial charge in [-0.1, -0.05) is 13.8 Å². The fraction of sp³-hybridized carbons (Fsp3) is 0.889. The molecule has 0 fully saturated rings. The standard InChI is InChI=1S/C9H19O2/c1-5-10-6-7-11-9(4)8(2)3/h8-9H,1,5-7H2,2-4H3. The lowest BCUT2D eigenvalue weighted by atomic mass is 10.1.